The average Bonchev–Trinajstić information content (AvgIpc) is 3.36. The van der Waals surface area contributed by atoms with E-state index in [0.29, 0.717) is 23.9 Å². The normalized spacial score (nSPS) is 14.3. The second-order valence-electron chi connectivity index (χ2n) is 19.9. The molecule has 0 saturated heterocycles. The molecule has 0 aliphatic rings. The Morgan fingerprint density at radius 1 is 0.419 bits per heavy atom. The van der Waals surface area contributed by atoms with Crippen LogP contribution in [0.25, 0.3) is 0 Å². The van der Waals surface area contributed by atoms with Crippen molar-refractivity contribution in [1.29, 1.82) is 0 Å². The number of phosphoric acid groups is 1. The summed E-state index contributed by atoms with van der Waals surface area (Å²) < 4.78 is 34.1. The van der Waals surface area contributed by atoms with Gasteiger partial charge in [-0.05, 0) is 109 Å². The van der Waals surface area contributed by atoms with Crippen LogP contribution in [0.4, 0.5) is 0 Å². The van der Waals surface area contributed by atoms with Gasteiger partial charge in [0.05, 0.1) is 27.7 Å². The lowest BCUT2D eigenvalue weighted by Gasteiger charge is -2.28. The maximum Gasteiger partial charge on any atom is 0.306 e. The van der Waals surface area contributed by atoms with Crippen LogP contribution in [-0.4, -0.2) is 70.0 Å². The largest absolute Gasteiger partial charge is 0.756 e. The minimum absolute atomic E-state index is 0.0425. The molecule has 0 bridgehead atoms. The molecule has 2 atom stereocenters. The summed E-state index contributed by atoms with van der Waals surface area (Å²) in [5, 5.41) is 0. The Labute approximate surface area is 453 Å². The molecule has 2 unspecified atom stereocenters. The number of carbonyl (C=O) groups excluding carboxylic acids is 2. The molecule has 0 aromatic rings. The van der Waals surface area contributed by atoms with E-state index in [1.54, 1.807) is 0 Å². The summed E-state index contributed by atoms with van der Waals surface area (Å²) in [6, 6.07) is 0. The number of allylic oxidation sites excluding steroid dienone is 22. The fourth-order valence-corrected chi connectivity index (χ4v) is 8.00. The van der Waals surface area contributed by atoms with Crippen molar-refractivity contribution in [2.45, 2.75) is 213 Å². The molecule has 0 rings (SSSR count). The summed E-state index contributed by atoms with van der Waals surface area (Å²) in [6.45, 7) is 3.97. The molecule has 0 saturated carbocycles. The standard InChI is InChI=1S/C64H106NO8P/c1-6-8-10-12-14-16-18-20-22-24-26-28-30-31-32-33-35-37-39-41-43-45-47-49-51-53-55-57-64(67)73-62(61-72-74(68,69)71-59-58-65(3,4)5)60-70-63(66)56-54-52-50-48-46-44-42-40-38-36-34-29-27-25-23-21-19-17-15-13-11-9-7-2/h8-11,14-17,20-23,26-29,31-32,35-38,62H,6-7,12-13,18-19,24-25,30,33-34,39-61H2,1-5H3/b10-8-,11-9-,16-14-,17-15-,22-20-,23-21-,28-26-,29-27-,32-31-,37-35-,38-36-. The summed E-state index contributed by atoms with van der Waals surface area (Å²) in [5.41, 5.74) is 0. The number of quaternary nitrogens is 1. The van der Waals surface area contributed by atoms with Crippen molar-refractivity contribution in [3.8, 4) is 0 Å². The van der Waals surface area contributed by atoms with Crippen molar-refractivity contribution < 1.29 is 42.1 Å². The quantitative estimate of drug-likeness (QED) is 0.0195. The second-order valence-corrected chi connectivity index (χ2v) is 21.3. The number of likely N-dealkylation sites (N-methyl/N-ethyl adjacent to an activating group) is 1. The fraction of sp³-hybridized carbons (Fsp3) is 0.625. The zero-order valence-electron chi connectivity index (χ0n) is 47.5. The maximum absolute atomic E-state index is 12.8. The molecule has 0 aromatic carbocycles. The van der Waals surface area contributed by atoms with E-state index in [1.807, 2.05) is 21.1 Å². The van der Waals surface area contributed by atoms with Gasteiger partial charge in [-0.2, -0.15) is 0 Å². The van der Waals surface area contributed by atoms with Crippen LogP contribution < -0.4 is 4.89 Å². The zero-order valence-corrected chi connectivity index (χ0v) is 48.4. The molecule has 10 heteroatoms. The SMILES string of the molecule is CC/C=C\C/C=C\C/C=C\C/C=C\C/C=C\C/C=C\CCCCCCCCCCC(=O)OC(COC(=O)CCCCCCCCC/C=C\C/C=C\C/C=C\C/C=C\C/C=C\CC)COP(=O)([O-])OCC[N+](C)(C)C. The number of unbranched alkanes of at least 4 members (excludes halogenated alkanes) is 15. The molecule has 0 aliphatic heterocycles. The zero-order chi connectivity index (χ0) is 54.2. The lowest BCUT2D eigenvalue weighted by molar-refractivity contribution is -0.870. The third-order valence-electron chi connectivity index (χ3n) is 11.7. The molecule has 0 heterocycles. The molecule has 420 valence electrons. The van der Waals surface area contributed by atoms with Gasteiger partial charge in [0.1, 0.15) is 19.8 Å². The number of hydrogen-bond donors (Lipinski definition) is 0. The molecule has 0 N–H and O–H groups in total. The van der Waals surface area contributed by atoms with Gasteiger partial charge in [0.15, 0.2) is 6.10 Å². The van der Waals surface area contributed by atoms with E-state index in [4.69, 9.17) is 18.5 Å². The fourth-order valence-electron chi connectivity index (χ4n) is 7.27. The third kappa shape index (κ3) is 57.4. The highest BCUT2D eigenvalue weighted by Gasteiger charge is 2.21. The van der Waals surface area contributed by atoms with E-state index in [2.05, 4.69) is 148 Å². The Hall–Kier alpha value is -3.85. The van der Waals surface area contributed by atoms with E-state index in [0.717, 1.165) is 122 Å². The van der Waals surface area contributed by atoms with Gasteiger partial charge >= 0.3 is 11.9 Å². The summed E-state index contributed by atoms with van der Waals surface area (Å²) in [5.74, 6) is -0.866. The predicted octanol–water partition coefficient (Wildman–Crippen LogP) is 17.5. The van der Waals surface area contributed by atoms with E-state index in [-0.39, 0.29) is 26.1 Å². The number of nitrogens with zero attached hydrogens (tertiary/aromatic N) is 1. The monoisotopic (exact) mass is 1050 g/mol. The van der Waals surface area contributed by atoms with Crippen molar-refractivity contribution in [3.05, 3.63) is 134 Å². The van der Waals surface area contributed by atoms with Crippen LogP contribution in [0.15, 0.2) is 134 Å². The Balaban J connectivity index is 4.26. The summed E-state index contributed by atoms with van der Waals surface area (Å²) in [7, 11) is 1.13. The van der Waals surface area contributed by atoms with Gasteiger partial charge in [-0.25, -0.2) is 0 Å². The number of carbonyl (C=O) groups is 2. The number of esters is 2. The number of ether oxygens (including phenoxy) is 2. The highest BCUT2D eigenvalue weighted by molar-refractivity contribution is 7.45. The number of hydrogen-bond acceptors (Lipinski definition) is 8. The number of phosphoric ester groups is 1. The van der Waals surface area contributed by atoms with E-state index in [1.165, 1.54) is 44.9 Å². The van der Waals surface area contributed by atoms with Crippen molar-refractivity contribution in [3.63, 3.8) is 0 Å². The molecule has 0 amide bonds. The van der Waals surface area contributed by atoms with Crippen molar-refractivity contribution in [2.24, 2.45) is 0 Å². The molecule has 0 spiro atoms. The molecule has 74 heavy (non-hydrogen) atoms. The third-order valence-corrected chi connectivity index (χ3v) is 12.6. The van der Waals surface area contributed by atoms with Crippen molar-refractivity contribution >= 4 is 19.8 Å². The van der Waals surface area contributed by atoms with Gasteiger partial charge in [0, 0.05) is 12.8 Å². The first kappa shape index (κ1) is 70.1. The molecule has 9 nitrogen and oxygen atoms in total. The minimum atomic E-state index is -4.65. The van der Waals surface area contributed by atoms with Gasteiger partial charge in [-0.15, -0.1) is 0 Å². The molecular weight excluding hydrogens is 942 g/mol. The average molecular weight is 1050 g/mol. The van der Waals surface area contributed by atoms with Crippen LogP contribution in [-0.2, 0) is 32.7 Å². The Bertz CT molecular complexity index is 1710. The molecule has 0 radical (unpaired) electrons. The highest BCUT2D eigenvalue weighted by atomic mass is 31.2. The van der Waals surface area contributed by atoms with Crippen molar-refractivity contribution in [1.82, 2.24) is 0 Å². The lowest BCUT2D eigenvalue weighted by atomic mass is 10.1. The predicted molar refractivity (Wildman–Crippen MR) is 314 cm³/mol. The van der Waals surface area contributed by atoms with Crippen LogP contribution in [0, 0.1) is 0 Å². The molecule has 0 aliphatic carbocycles. The first-order valence-electron chi connectivity index (χ1n) is 28.9. The van der Waals surface area contributed by atoms with Crippen LogP contribution >= 0.6 is 7.82 Å². The highest BCUT2D eigenvalue weighted by Crippen LogP contribution is 2.38. The van der Waals surface area contributed by atoms with Crippen molar-refractivity contribution in [2.75, 3.05) is 47.5 Å². The molecule has 0 fully saturated rings. The molecule has 0 aromatic heterocycles. The van der Waals surface area contributed by atoms with Crippen LogP contribution in [0.2, 0.25) is 0 Å². The van der Waals surface area contributed by atoms with Crippen LogP contribution in [0.1, 0.15) is 206 Å². The topological polar surface area (TPSA) is 111 Å². The Morgan fingerprint density at radius 3 is 1.08 bits per heavy atom. The van der Waals surface area contributed by atoms with Crippen LogP contribution in [0.3, 0.4) is 0 Å². The summed E-state index contributed by atoms with van der Waals surface area (Å²) in [4.78, 5) is 37.9. The lowest BCUT2D eigenvalue weighted by Crippen LogP contribution is -2.37. The van der Waals surface area contributed by atoms with E-state index < -0.39 is 32.5 Å². The van der Waals surface area contributed by atoms with E-state index in [9.17, 15) is 19.0 Å². The maximum atomic E-state index is 12.8. The summed E-state index contributed by atoms with van der Waals surface area (Å²) >= 11 is 0. The van der Waals surface area contributed by atoms with Crippen LogP contribution in [0.5, 0.6) is 0 Å². The first-order valence-corrected chi connectivity index (χ1v) is 30.4. The smallest absolute Gasteiger partial charge is 0.306 e. The van der Waals surface area contributed by atoms with E-state index >= 15 is 0 Å². The minimum Gasteiger partial charge on any atom is -0.756 e. The molecular formula is C64H106NO8P. The number of rotatable bonds is 51. The van der Waals surface area contributed by atoms with Gasteiger partial charge in [0.25, 0.3) is 7.82 Å². The van der Waals surface area contributed by atoms with Gasteiger partial charge in [-0.3, -0.25) is 14.2 Å². The second kappa shape index (κ2) is 54.0. The van der Waals surface area contributed by atoms with Gasteiger partial charge in [-0.1, -0.05) is 218 Å². The van der Waals surface area contributed by atoms with Gasteiger partial charge < -0.3 is 27.9 Å². The summed E-state index contributed by atoms with van der Waals surface area (Å²) in [6.07, 6.45) is 77.7. The Kier molecular flexibility index (Phi) is 51.2. The Morgan fingerprint density at radius 2 is 0.730 bits per heavy atom. The first-order chi connectivity index (χ1) is 36.0. The van der Waals surface area contributed by atoms with Gasteiger partial charge in [0.2, 0.25) is 0 Å².